The monoisotopic (exact) mass is 556 g/mol. The Labute approximate surface area is 219 Å². The molecule has 0 aliphatic rings. The van der Waals surface area contributed by atoms with Gasteiger partial charge in [-0.3, -0.25) is 9.59 Å². The van der Waals surface area contributed by atoms with Gasteiger partial charge in [0.05, 0.1) is 5.75 Å². The topological polar surface area (TPSA) is 49.4 Å². The SMILES string of the molecule is CC(C)NC(=O)[C@@H](Cc1ccccc1)N(Cc1ccccc1F)C(=O)CSCc1ccc(Br)cc1. The zero-order chi connectivity index (χ0) is 25.2. The van der Waals surface area contributed by atoms with Crippen molar-refractivity contribution in [1.29, 1.82) is 0 Å². The molecule has 0 radical (unpaired) electrons. The Kier molecular flexibility index (Phi) is 10.4. The number of rotatable bonds is 11. The first kappa shape index (κ1) is 27.0. The van der Waals surface area contributed by atoms with E-state index in [1.54, 1.807) is 18.2 Å². The van der Waals surface area contributed by atoms with Gasteiger partial charge in [0.2, 0.25) is 11.8 Å². The predicted octanol–water partition coefficient (Wildman–Crippen LogP) is 5.99. The molecule has 0 spiro atoms. The van der Waals surface area contributed by atoms with Crippen molar-refractivity contribution in [2.24, 2.45) is 0 Å². The highest BCUT2D eigenvalue weighted by atomic mass is 79.9. The Morgan fingerprint density at radius 2 is 1.60 bits per heavy atom. The molecule has 3 aromatic rings. The van der Waals surface area contributed by atoms with Crippen molar-refractivity contribution < 1.29 is 14.0 Å². The van der Waals surface area contributed by atoms with E-state index in [4.69, 9.17) is 0 Å². The fraction of sp³-hybridized carbons (Fsp3) is 0.286. The van der Waals surface area contributed by atoms with E-state index < -0.39 is 11.9 Å². The number of hydrogen-bond acceptors (Lipinski definition) is 3. The highest BCUT2D eigenvalue weighted by molar-refractivity contribution is 9.10. The van der Waals surface area contributed by atoms with Gasteiger partial charge in [-0.1, -0.05) is 76.6 Å². The zero-order valence-corrected chi connectivity index (χ0v) is 22.3. The second kappa shape index (κ2) is 13.4. The lowest BCUT2D eigenvalue weighted by atomic mass is 10.0. The molecule has 0 bridgehead atoms. The van der Waals surface area contributed by atoms with Crippen LogP contribution < -0.4 is 5.32 Å². The number of benzene rings is 3. The Morgan fingerprint density at radius 1 is 0.943 bits per heavy atom. The summed E-state index contributed by atoms with van der Waals surface area (Å²) in [5.41, 5.74) is 2.42. The number of halogens is 2. The first-order valence-corrected chi connectivity index (χ1v) is 13.5. The second-order valence-electron chi connectivity index (χ2n) is 8.60. The van der Waals surface area contributed by atoms with Gasteiger partial charge in [0.1, 0.15) is 11.9 Å². The van der Waals surface area contributed by atoms with Gasteiger partial charge in [0.15, 0.2) is 0 Å². The van der Waals surface area contributed by atoms with Gasteiger partial charge in [0, 0.05) is 34.8 Å². The van der Waals surface area contributed by atoms with Crippen molar-refractivity contribution in [1.82, 2.24) is 10.2 Å². The van der Waals surface area contributed by atoms with Crippen molar-refractivity contribution in [2.75, 3.05) is 5.75 Å². The second-order valence-corrected chi connectivity index (χ2v) is 10.5. The standard InChI is InChI=1S/C28H30BrFN2O2S/c1-20(2)31-28(34)26(16-21-8-4-3-5-9-21)32(17-23-10-6-7-11-25(23)30)27(33)19-35-18-22-12-14-24(29)15-13-22/h3-15,20,26H,16-19H2,1-2H3,(H,31,34)/t26-/m1/s1. The molecule has 7 heteroatoms. The Morgan fingerprint density at radius 3 is 2.26 bits per heavy atom. The van der Waals surface area contributed by atoms with Crippen molar-refractivity contribution in [3.8, 4) is 0 Å². The molecule has 0 heterocycles. The highest BCUT2D eigenvalue weighted by Crippen LogP contribution is 2.20. The summed E-state index contributed by atoms with van der Waals surface area (Å²) >= 11 is 4.91. The normalized spacial score (nSPS) is 11.8. The van der Waals surface area contributed by atoms with Crippen LogP contribution in [0.4, 0.5) is 4.39 Å². The summed E-state index contributed by atoms with van der Waals surface area (Å²) in [6.45, 7) is 3.79. The van der Waals surface area contributed by atoms with Crippen molar-refractivity contribution in [2.45, 2.75) is 44.6 Å². The number of carbonyl (C=O) groups is 2. The van der Waals surface area contributed by atoms with Gasteiger partial charge < -0.3 is 10.2 Å². The highest BCUT2D eigenvalue weighted by Gasteiger charge is 2.31. The van der Waals surface area contributed by atoms with Gasteiger partial charge in [-0.15, -0.1) is 11.8 Å². The van der Waals surface area contributed by atoms with Gasteiger partial charge in [-0.05, 0) is 43.2 Å². The van der Waals surface area contributed by atoms with Crippen LogP contribution in [0.15, 0.2) is 83.3 Å². The van der Waals surface area contributed by atoms with E-state index in [9.17, 15) is 14.0 Å². The molecule has 0 fully saturated rings. The van der Waals surface area contributed by atoms with Crippen LogP contribution in [0.5, 0.6) is 0 Å². The summed E-state index contributed by atoms with van der Waals surface area (Å²) in [5, 5.41) is 2.95. The molecule has 0 aromatic heterocycles. The molecule has 0 aliphatic carbocycles. The van der Waals surface area contributed by atoms with E-state index in [1.165, 1.54) is 22.7 Å². The number of nitrogens with zero attached hydrogens (tertiary/aromatic N) is 1. The summed E-state index contributed by atoms with van der Waals surface area (Å²) in [4.78, 5) is 28.3. The molecule has 0 saturated heterocycles. The van der Waals surface area contributed by atoms with E-state index in [1.807, 2.05) is 68.4 Å². The van der Waals surface area contributed by atoms with E-state index in [-0.39, 0.29) is 30.2 Å². The first-order chi connectivity index (χ1) is 16.8. The number of thioether (sulfide) groups is 1. The summed E-state index contributed by atoms with van der Waals surface area (Å²) < 4.78 is 15.6. The molecule has 1 atom stereocenters. The lowest BCUT2D eigenvalue weighted by Crippen LogP contribution is -2.52. The van der Waals surface area contributed by atoms with Crippen LogP contribution in [0.1, 0.15) is 30.5 Å². The van der Waals surface area contributed by atoms with E-state index in [2.05, 4.69) is 21.2 Å². The van der Waals surface area contributed by atoms with Crippen LogP contribution in [-0.2, 0) is 28.3 Å². The Hall–Kier alpha value is -2.64. The van der Waals surface area contributed by atoms with Crippen LogP contribution in [0.2, 0.25) is 0 Å². The van der Waals surface area contributed by atoms with E-state index in [0.29, 0.717) is 17.7 Å². The lowest BCUT2D eigenvalue weighted by molar-refractivity contribution is -0.139. The molecule has 0 saturated carbocycles. The number of carbonyl (C=O) groups excluding carboxylic acids is 2. The third kappa shape index (κ3) is 8.51. The molecule has 1 N–H and O–H groups in total. The minimum Gasteiger partial charge on any atom is -0.352 e. The Balaban J connectivity index is 1.85. The molecule has 3 rings (SSSR count). The summed E-state index contributed by atoms with van der Waals surface area (Å²) in [5.74, 6) is 0.0102. The molecule has 0 unspecified atom stereocenters. The number of hydrogen-bond donors (Lipinski definition) is 1. The van der Waals surface area contributed by atoms with Gasteiger partial charge in [-0.25, -0.2) is 4.39 Å². The molecule has 184 valence electrons. The van der Waals surface area contributed by atoms with Crippen LogP contribution in [-0.4, -0.2) is 34.6 Å². The van der Waals surface area contributed by atoms with Crippen LogP contribution in [0.3, 0.4) is 0 Å². The summed E-state index contributed by atoms with van der Waals surface area (Å²) in [7, 11) is 0. The Bertz CT molecular complexity index is 1110. The lowest BCUT2D eigenvalue weighted by Gasteiger charge is -2.32. The largest absolute Gasteiger partial charge is 0.352 e. The minimum atomic E-state index is -0.764. The third-order valence-corrected chi connectivity index (χ3v) is 6.93. The molecular weight excluding hydrogens is 527 g/mol. The molecule has 0 aliphatic heterocycles. The average Bonchev–Trinajstić information content (AvgIpc) is 2.83. The third-order valence-electron chi connectivity index (χ3n) is 5.41. The molecule has 3 aromatic carbocycles. The zero-order valence-electron chi connectivity index (χ0n) is 19.9. The molecular formula is C28H30BrFN2O2S. The van der Waals surface area contributed by atoms with Crippen LogP contribution >= 0.6 is 27.7 Å². The van der Waals surface area contributed by atoms with Gasteiger partial charge in [0.25, 0.3) is 0 Å². The molecule has 4 nitrogen and oxygen atoms in total. The predicted molar refractivity (Wildman–Crippen MR) is 144 cm³/mol. The van der Waals surface area contributed by atoms with E-state index >= 15 is 0 Å². The minimum absolute atomic E-state index is 0.0212. The van der Waals surface area contributed by atoms with Crippen molar-refractivity contribution in [3.05, 3.63) is 106 Å². The van der Waals surface area contributed by atoms with E-state index in [0.717, 1.165) is 15.6 Å². The summed E-state index contributed by atoms with van der Waals surface area (Å²) in [6, 6.07) is 23.1. The maximum Gasteiger partial charge on any atom is 0.243 e. The maximum atomic E-state index is 14.6. The average molecular weight is 558 g/mol. The van der Waals surface area contributed by atoms with Crippen LogP contribution in [0, 0.1) is 5.82 Å². The van der Waals surface area contributed by atoms with Crippen molar-refractivity contribution >= 4 is 39.5 Å². The van der Waals surface area contributed by atoms with Crippen molar-refractivity contribution in [3.63, 3.8) is 0 Å². The molecule has 2 amide bonds. The van der Waals surface area contributed by atoms with Gasteiger partial charge in [-0.2, -0.15) is 0 Å². The fourth-order valence-corrected chi connectivity index (χ4v) is 4.80. The quantitative estimate of drug-likeness (QED) is 0.315. The first-order valence-electron chi connectivity index (χ1n) is 11.5. The molecule has 35 heavy (non-hydrogen) atoms. The number of amides is 2. The smallest absolute Gasteiger partial charge is 0.243 e. The maximum absolute atomic E-state index is 14.6. The fourth-order valence-electron chi connectivity index (χ4n) is 3.66. The number of nitrogens with one attached hydrogen (secondary N) is 1. The van der Waals surface area contributed by atoms with Gasteiger partial charge >= 0.3 is 0 Å². The summed E-state index contributed by atoms with van der Waals surface area (Å²) in [6.07, 6.45) is 0.344. The van der Waals surface area contributed by atoms with Crippen LogP contribution in [0.25, 0.3) is 0 Å².